The molecule has 1 aliphatic heterocycles. The van der Waals surface area contributed by atoms with Gasteiger partial charge in [0.05, 0.1) is 17.7 Å². The zero-order chi connectivity index (χ0) is 20.3. The van der Waals surface area contributed by atoms with Gasteiger partial charge in [-0.25, -0.2) is 4.79 Å². The van der Waals surface area contributed by atoms with Crippen LogP contribution in [0.4, 0.5) is 0 Å². The first-order valence-electron chi connectivity index (χ1n) is 8.63. The average molecular weight is 441 g/mol. The van der Waals surface area contributed by atoms with E-state index < -0.39 is 5.97 Å². The van der Waals surface area contributed by atoms with Gasteiger partial charge in [-0.1, -0.05) is 29.3 Å². The highest BCUT2D eigenvalue weighted by Crippen LogP contribution is 2.24. The summed E-state index contributed by atoms with van der Waals surface area (Å²) in [6.45, 7) is 1.23. The lowest BCUT2D eigenvalue weighted by Crippen LogP contribution is -2.39. The number of rotatable bonds is 4. The van der Waals surface area contributed by atoms with Crippen LogP contribution in [0.25, 0.3) is 12.2 Å². The lowest BCUT2D eigenvalue weighted by atomic mass is 10.2. The van der Waals surface area contributed by atoms with E-state index in [1.54, 1.807) is 29.2 Å². The molecule has 1 aromatic carbocycles. The molecule has 0 N–H and O–H groups in total. The molecule has 1 aliphatic rings. The van der Waals surface area contributed by atoms with E-state index in [2.05, 4.69) is 4.74 Å². The van der Waals surface area contributed by atoms with Crippen LogP contribution in [0.5, 0.6) is 0 Å². The van der Waals surface area contributed by atoms with E-state index in [1.165, 1.54) is 17.8 Å². The number of ether oxygens (including phenoxy) is 1. The molecule has 28 heavy (non-hydrogen) atoms. The highest BCUT2D eigenvalue weighted by molar-refractivity contribution is 7.07. The van der Waals surface area contributed by atoms with Crippen LogP contribution in [0.1, 0.15) is 18.4 Å². The van der Waals surface area contributed by atoms with Crippen molar-refractivity contribution in [3.05, 3.63) is 53.4 Å². The number of carbonyl (C=O) groups is 2. The van der Waals surface area contributed by atoms with E-state index >= 15 is 0 Å². The fourth-order valence-electron chi connectivity index (χ4n) is 2.93. The molecule has 6 nitrogen and oxygen atoms in total. The number of likely N-dealkylation sites (tertiary alicyclic amines) is 1. The van der Waals surface area contributed by atoms with Crippen molar-refractivity contribution in [2.24, 2.45) is 0 Å². The molecule has 0 saturated carbocycles. The van der Waals surface area contributed by atoms with E-state index in [9.17, 15) is 14.4 Å². The summed E-state index contributed by atoms with van der Waals surface area (Å²) in [5.74, 6) is -0.759. The Morgan fingerprint density at radius 1 is 1.21 bits per heavy atom. The highest BCUT2D eigenvalue weighted by atomic mass is 35.5. The lowest BCUT2D eigenvalue weighted by Gasteiger charge is -2.15. The van der Waals surface area contributed by atoms with Crippen molar-refractivity contribution in [1.82, 2.24) is 9.47 Å². The Labute approximate surface area is 175 Å². The Kier molecular flexibility index (Phi) is 6.59. The van der Waals surface area contributed by atoms with Gasteiger partial charge >= 0.3 is 5.97 Å². The first kappa shape index (κ1) is 20.6. The molecule has 3 rings (SSSR count). The molecule has 148 valence electrons. The summed E-state index contributed by atoms with van der Waals surface area (Å²) in [5, 5.41) is 0.803. The van der Waals surface area contributed by atoms with Crippen molar-refractivity contribution in [2.45, 2.75) is 19.4 Å². The summed E-state index contributed by atoms with van der Waals surface area (Å²) in [6, 6.07) is 5.05. The molecule has 0 bridgehead atoms. The largest absolute Gasteiger partial charge is 0.466 e. The molecule has 0 unspecified atom stereocenters. The fourth-order valence-corrected chi connectivity index (χ4v) is 4.45. The minimum Gasteiger partial charge on any atom is -0.466 e. The smallest absolute Gasteiger partial charge is 0.333 e. The van der Waals surface area contributed by atoms with Gasteiger partial charge in [0.15, 0.2) is 0 Å². The number of hydrogen-bond acceptors (Lipinski definition) is 5. The molecular weight excluding hydrogens is 423 g/mol. The first-order valence-corrected chi connectivity index (χ1v) is 10.2. The Morgan fingerprint density at radius 3 is 2.46 bits per heavy atom. The molecule has 0 spiro atoms. The standard InChI is InChI=1S/C19H18Cl2N2O4S/c1-27-18(25)10-17-23(11-16(24)22-7-2-3-8-22)19(26)15(28-17)9-12-13(20)5-4-6-14(12)21/h4-6,9-10H,2-3,7-8,11H2,1H3/b15-9-,17-10-. The Bertz CT molecular complexity index is 1060. The number of methoxy groups -OCH3 is 1. The molecule has 9 heteroatoms. The van der Waals surface area contributed by atoms with E-state index in [4.69, 9.17) is 23.2 Å². The van der Waals surface area contributed by atoms with Crippen LogP contribution in [-0.2, 0) is 20.9 Å². The molecule has 1 saturated heterocycles. The highest BCUT2D eigenvalue weighted by Gasteiger charge is 2.20. The molecule has 0 atom stereocenters. The van der Waals surface area contributed by atoms with Gasteiger partial charge < -0.3 is 9.64 Å². The number of thiazole rings is 1. The zero-order valence-electron chi connectivity index (χ0n) is 15.1. The predicted octanol–water partition coefficient (Wildman–Crippen LogP) is 1.62. The summed E-state index contributed by atoms with van der Waals surface area (Å²) in [4.78, 5) is 38.9. The van der Waals surface area contributed by atoms with Gasteiger partial charge in [-0.05, 0) is 31.1 Å². The third-order valence-corrected chi connectivity index (χ3v) is 6.13. The molecule has 0 radical (unpaired) electrons. The number of esters is 1. The van der Waals surface area contributed by atoms with Gasteiger partial charge in [0.1, 0.15) is 11.2 Å². The van der Waals surface area contributed by atoms with Crippen molar-refractivity contribution in [2.75, 3.05) is 20.2 Å². The monoisotopic (exact) mass is 440 g/mol. The van der Waals surface area contributed by atoms with Crippen LogP contribution in [0.3, 0.4) is 0 Å². The maximum Gasteiger partial charge on any atom is 0.333 e. The molecule has 2 aromatic rings. The minimum absolute atomic E-state index is 0.137. The van der Waals surface area contributed by atoms with Gasteiger partial charge in [-0.15, -0.1) is 11.3 Å². The SMILES string of the molecule is COC(=O)/C=c1\s/c(=C\c2c(Cl)cccc2Cl)c(=O)n1CC(=O)N1CCCC1. The summed E-state index contributed by atoms with van der Waals surface area (Å²) in [5.41, 5.74) is 0.121. The molecule has 1 aromatic heterocycles. The van der Waals surface area contributed by atoms with Gasteiger partial charge in [-0.3, -0.25) is 14.2 Å². The maximum atomic E-state index is 13.0. The number of hydrogen-bond donors (Lipinski definition) is 0. The first-order chi connectivity index (χ1) is 13.4. The number of nitrogens with zero attached hydrogens (tertiary/aromatic N) is 2. The topological polar surface area (TPSA) is 68.6 Å². The van der Waals surface area contributed by atoms with Crippen molar-refractivity contribution in [3.63, 3.8) is 0 Å². The Balaban J connectivity index is 2.12. The van der Waals surface area contributed by atoms with Gasteiger partial charge in [0.25, 0.3) is 5.56 Å². The van der Waals surface area contributed by atoms with Crippen molar-refractivity contribution in [1.29, 1.82) is 0 Å². The normalized spacial score (nSPS) is 15.3. The van der Waals surface area contributed by atoms with Crippen molar-refractivity contribution < 1.29 is 14.3 Å². The van der Waals surface area contributed by atoms with Crippen molar-refractivity contribution in [3.8, 4) is 0 Å². The minimum atomic E-state index is -0.606. The average Bonchev–Trinajstić information content (AvgIpc) is 3.29. The molecule has 1 fully saturated rings. The number of benzene rings is 1. The second kappa shape index (κ2) is 8.94. The number of amides is 1. The van der Waals surface area contributed by atoms with E-state index in [-0.39, 0.29) is 18.0 Å². The zero-order valence-corrected chi connectivity index (χ0v) is 17.4. The number of carbonyl (C=O) groups excluding carboxylic acids is 2. The number of halogens is 2. The molecule has 0 aliphatic carbocycles. The number of aromatic nitrogens is 1. The molecule has 2 heterocycles. The van der Waals surface area contributed by atoms with Crippen LogP contribution in [0, 0.1) is 0 Å². The van der Waals surface area contributed by atoms with Gasteiger partial charge in [0, 0.05) is 28.7 Å². The molecular formula is C19H18Cl2N2O4S. The maximum absolute atomic E-state index is 13.0. The van der Waals surface area contributed by atoms with E-state index in [1.807, 2.05) is 0 Å². The van der Waals surface area contributed by atoms with Crippen molar-refractivity contribution >= 4 is 58.6 Å². The van der Waals surface area contributed by atoms with Crippen LogP contribution < -0.4 is 14.8 Å². The predicted molar refractivity (Wildman–Crippen MR) is 110 cm³/mol. The van der Waals surface area contributed by atoms with Gasteiger partial charge in [0.2, 0.25) is 5.91 Å². The van der Waals surface area contributed by atoms with Gasteiger partial charge in [-0.2, -0.15) is 0 Å². The third-order valence-electron chi connectivity index (χ3n) is 4.41. The van der Waals surface area contributed by atoms with E-state index in [0.29, 0.717) is 37.9 Å². The fraction of sp³-hybridized carbons (Fsp3) is 0.316. The Morgan fingerprint density at radius 2 is 1.86 bits per heavy atom. The second-order valence-corrected chi connectivity index (χ2v) is 8.11. The quantitative estimate of drug-likeness (QED) is 0.677. The molecule has 1 amide bonds. The summed E-state index contributed by atoms with van der Waals surface area (Å²) in [7, 11) is 1.25. The Hall–Kier alpha value is -2.09. The van der Waals surface area contributed by atoms with Crippen LogP contribution in [-0.4, -0.2) is 41.5 Å². The summed E-state index contributed by atoms with van der Waals surface area (Å²) < 4.78 is 6.61. The van der Waals surface area contributed by atoms with Crippen LogP contribution in [0.2, 0.25) is 10.0 Å². The summed E-state index contributed by atoms with van der Waals surface area (Å²) >= 11 is 13.5. The third kappa shape index (κ3) is 4.48. The lowest BCUT2D eigenvalue weighted by molar-refractivity contribution is -0.133. The van der Waals surface area contributed by atoms with Crippen LogP contribution >= 0.6 is 34.5 Å². The summed E-state index contributed by atoms with van der Waals surface area (Å²) in [6.07, 6.45) is 4.68. The second-order valence-electron chi connectivity index (χ2n) is 6.23. The van der Waals surface area contributed by atoms with E-state index in [0.717, 1.165) is 24.2 Å². The van der Waals surface area contributed by atoms with Crippen LogP contribution in [0.15, 0.2) is 23.0 Å².